The standard InChI is InChI=1S/C17H20N2/c1-11(2)16-9-17(13(4)19-10-16)15-7-5-6-14(8-15)12(3)18/h5-11H,3,18H2,1-2,4H3. The Kier molecular flexibility index (Phi) is 3.70. The summed E-state index contributed by atoms with van der Waals surface area (Å²) in [5.74, 6) is 0.472. The first-order valence-corrected chi connectivity index (χ1v) is 6.50. The first kappa shape index (κ1) is 13.3. The topological polar surface area (TPSA) is 38.9 Å². The largest absolute Gasteiger partial charge is 0.399 e. The minimum absolute atomic E-state index is 0.472. The van der Waals surface area contributed by atoms with Crippen molar-refractivity contribution in [3.05, 3.63) is 59.9 Å². The number of aryl methyl sites for hydroxylation is 1. The van der Waals surface area contributed by atoms with E-state index in [9.17, 15) is 0 Å². The van der Waals surface area contributed by atoms with Gasteiger partial charge in [-0.2, -0.15) is 0 Å². The molecule has 0 saturated heterocycles. The molecule has 0 aliphatic heterocycles. The third-order valence-corrected chi connectivity index (χ3v) is 3.32. The summed E-state index contributed by atoms with van der Waals surface area (Å²) in [6.07, 6.45) is 1.95. The van der Waals surface area contributed by atoms with E-state index in [2.05, 4.69) is 43.6 Å². The monoisotopic (exact) mass is 252 g/mol. The van der Waals surface area contributed by atoms with Crippen LogP contribution in [-0.4, -0.2) is 4.98 Å². The molecule has 2 heteroatoms. The Hall–Kier alpha value is -2.09. The second-order valence-electron chi connectivity index (χ2n) is 5.16. The van der Waals surface area contributed by atoms with E-state index in [1.165, 1.54) is 5.56 Å². The molecule has 1 aromatic heterocycles. The Bertz CT molecular complexity index is 612. The molecule has 0 amide bonds. The maximum Gasteiger partial charge on any atom is 0.0451 e. The zero-order chi connectivity index (χ0) is 14.0. The van der Waals surface area contributed by atoms with E-state index in [1.807, 2.05) is 25.3 Å². The fourth-order valence-electron chi connectivity index (χ4n) is 2.04. The van der Waals surface area contributed by atoms with Gasteiger partial charge in [0.1, 0.15) is 0 Å². The van der Waals surface area contributed by atoms with Crippen molar-refractivity contribution in [2.24, 2.45) is 5.73 Å². The van der Waals surface area contributed by atoms with E-state index >= 15 is 0 Å². The maximum absolute atomic E-state index is 5.77. The Morgan fingerprint density at radius 2 is 2.00 bits per heavy atom. The van der Waals surface area contributed by atoms with Crippen LogP contribution in [0.3, 0.4) is 0 Å². The first-order valence-electron chi connectivity index (χ1n) is 6.50. The van der Waals surface area contributed by atoms with Crippen LogP contribution < -0.4 is 5.73 Å². The van der Waals surface area contributed by atoms with Crippen LogP contribution in [0.2, 0.25) is 0 Å². The molecule has 0 aliphatic carbocycles. The van der Waals surface area contributed by atoms with E-state index in [4.69, 9.17) is 5.73 Å². The van der Waals surface area contributed by atoms with Crippen molar-refractivity contribution < 1.29 is 0 Å². The predicted molar refractivity (Wildman–Crippen MR) is 81.7 cm³/mol. The lowest BCUT2D eigenvalue weighted by Gasteiger charge is -2.11. The fourth-order valence-corrected chi connectivity index (χ4v) is 2.04. The molecule has 0 saturated carbocycles. The van der Waals surface area contributed by atoms with Crippen LogP contribution in [0.1, 0.15) is 36.6 Å². The highest BCUT2D eigenvalue weighted by Crippen LogP contribution is 2.27. The molecular formula is C17H20N2. The molecule has 1 heterocycles. The number of nitrogens with zero attached hydrogens (tertiary/aromatic N) is 1. The molecule has 19 heavy (non-hydrogen) atoms. The summed E-state index contributed by atoms with van der Waals surface area (Å²) >= 11 is 0. The van der Waals surface area contributed by atoms with Crippen molar-refractivity contribution in [1.29, 1.82) is 0 Å². The lowest BCUT2D eigenvalue weighted by molar-refractivity contribution is 0.856. The van der Waals surface area contributed by atoms with Gasteiger partial charge in [0.25, 0.3) is 0 Å². The van der Waals surface area contributed by atoms with E-state index in [0.29, 0.717) is 11.6 Å². The van der Waals surface area contributed by atoms with Gasteiger partial charge in [-0.3, -0.25) is 4.98 Å². The molecule has 0 bridgehead atoms. The third-order valence-electron chi connectivity index (χ3n) is 3.32. The molecule has 0 aliphatic rings. The second-order valence-corrected chi connectivity index (χ2v) is 5.16. The normalized spacial score (nSPS) is 10.7. The Labute approximate surface area is 115 Å². The van der Waals surface area contributed by atoms with Crippen LogP contribution in [-0.2, 0) is 0 Å². The molecular weight excluding hydrogens is 232 g/mol. The number of hydrogen-bond acceptors (Lipinski definition) is 2. The zero-order valence-corrected chi connectivity index (χ0v) is 11.8. The van der Waals surface area contributed by atoms with Crippen LogP contribution in [0, 0.1) is 6.92 Å². The van der Waals surface area contributed by atoms with Crippen molar-refractivity contribution in [3.8, 4) is 11.1 Å². The summed E-state index contributed by atoms with van der Waals surface area (Å²) in [4.78, 5) is 4.50. The Morgan fingerprint density at radius 3 is 2.63 bits per heavy atom. The zero-order valence-electron chi connectivity index (χ0n) is 11.8. The van der Waals surface area contributed by atoms with Gasteiger partial charge in [0, 0.05) is 23.2 Å². The van der Waals surface area contributed by atoms with E-state index in [0.717, 1.165) is 22.4 Å². The second kappa shape index (κ2) is 5.27. The van der Waals surface area contributed by atoms with Crippen LogP contribution >= 0.6 is 0 Å². The van der Waals surface area contributed by atoms with E-state index in [1.54, 1.807) is 0 Å². The Morgan fingerprint density at radius 1 is 1.26 bits per heavy atom. The van der Waals surface area contributed by atoms with Gasteiger partial charge in [-0.1, -0.05) is 38.6 Å². The summed E-state index contributed by atoms with van der Waals surface area (Å²) in [5.41, 5.74) is 11.9. The average molecular weight is 252 g/mol. The predicted octanol–water partition coefficient (Wildman–Crippen LogP) is 4.11. The quantitative estimate of drug-likeness (QED) is 0.892. The van der Waals surface area contributed by atoms with Crippen LogP contribution in [0.25, 0.3) is 16.8 Å². The summed E-state index contributed by atoms with van der Waals surface area (Å²) < 4.78 is 0. The number of pyridine rings is 1. The highest BCUT2D eigenvalue weighted by molar-refractivity contribution is 5.72. The van der Waals surface area contributed by atoms with E-state index < -0.39 is 0 Å². The van der Waals surface area contributed by atoms with Gasteiger partial charge in [-0.15, -0.1) is 0 Å². The minimum Gasteiger partial charge on any atom is -0.399 e. The molecule has 98 valence electrons. The van der Waals surface area contributed by atoms with Crippen LogP contribution in [0.5, 0.6) is 0 Å². The Balaban J connectivity index is 2.54. The molecule has 0 radical (unpaired) electrons. The molecule has 0 spiro atoms. The number of nitrogens with two attached hydrogens (primary N) is 1. The van der Waals surface area contributed by atoms with Gasteiger partial charge in [-0.25, -0.2) is 0 Å². The minimum atomic E-state index is 0.472. The maximum atomic E-state index is 5.77. The van der Waals surface area contributed by atoms with E-state index in [-0.39, 0.29) is 0 Å². The molecule has 0 atom stereocenters. The molecule has 2 nitrogen and oxygen atoms in total. The molecule has 0 fully saturated rings. The van der Waals surface area contributed by atoms with Gasteiger partial charge < -0.3 is 5.73 Å². The summed E-state index contributed by atoms with van der Waals surface area (Å²) in [7, 11) is 0. The lowest BCUT2D eigenvalue weighted by Crippen LogP contribution is -1.96. The van der Waals surface area contributed by atoms with Gasteiger partial charge in [0.15, 0.2) is 0 Å². The summed E-state index contributed by atoms with van der Waals surface area (Å²) in [6.45, 7) is 10.2. The SMILES string of the molecule is C=C(N)c1cccc(-c2cc(C(C)C)cnc2C)c1. The molecule has 2 N–H and O–H groups in total. The van der Waals surface area contributed by atoms with Gasteiger partial charge in [-0.05, 0) is 41.7 Å². The number of aromatic nitrogens is 1. The van der Waals surface area contributed by atoms with Gasteiger partial charge >= 0.3 is 0 Å². The number of hydrogen-bond donors (Lipinski definition) is 1. The lowest BCUT2D eigenvalue weighted by atomic mass is 9.96. The average Bonchev–Trinajstić information content (AvgIpc) is 2.39. The number of rotatable bonds is 3. The van der Waals surface area contributed by atoms with Crippen molar-refractivity contribution >= 4 is 5.70 Å². The highest BCUT2D eigenvalue weighted by atomic mass is 14.7. The third kappa shape index (κ3) is 2.84. The summed E-state index contributed by atoms with van der Waals surface area (Å²) in [6, 6.07) is 10.3. The molecule has 2 aromatic rings. The molecule has 0 unspecified atom stereocenters. The molecule has 1 aromatic carbocycles. The van der Waals surface area contributed by atoms with Crippen molar-refractivity contribution in [3.63, 3.8) is 0 Å². The van der Waals surface area contributed by atoms with Gasteiger partial charge in [0.2, 0.25) is 0 Å². The van der Waals surface area contributed by atoms with Crippen LogP contribution in [0.15, 0.2) is 43.1 Å². The fraction of sp³-hybridized carbons (Fsp3) is 0.235. The van der Waals surface area contributed by atoms with Crippen molar-refractivity contribution in [2.45, 2.75) is 26.7 Å². The highest BCUT2D eigenvalue weighted by Gasteiger charge is 2.08. The smallest absolute Gasteiger partial charge is 0.0451 e. The van der Waals surface area contributed by atoms with Crippen LogP contribution in [0.4, 0.5) is 0 Å². The van der Waals surface area contributed by atoms with Crippen molar-refractivity contribution in [1.82, 2.24) is 4.98 Å². The first-order chi connectivity index (χ1) is 8.99. The van der Waals surface area contributed by atoms with Gasteiger partial charge in [0.05, 0.1) is 0 Å². The number of benzene rings is 1. The molecule has 2 rings (SSSR count). The summed E-state index contributed by atoms with van der Waals surface area (Å²) in [5, 5.41) is 0. The van der Waals surface area contributed by atoms with Crippen molar-refractivity contribution in [2.75, 3.05) is 0 Å².